The van der Waals surface area contributed by atoms with E-state index in [1.807, 2.05) is 41.8 Å². The maximum atomic E-state index is 12.2. The molecule has 8 heteroatoms. The van der Waals surface area contributed by atoms with Crippen LogP contribution >= 0.6 is 11.3 Å². The lowest BCUT2D eigenvalue weighted by atomic mass is 10.3. The Labute approximate surface area is 152 Å². The fourth-order valence-corrected chi connectivity index (χ4v) is 3.27. The number of rotatable bonds is 5. The third kappa shape index (κ3) is 3.40. The molecule has 2 N–H and O–H groups in total. The predicted octanol–water partition coefficient (Wildman–Crippen LogP) is 2.16. The SMILES string of the molecule is O=C(Cn1nc(-c2cccs2)ccc1=O)NCc1nc2ccccc2[nH]1. The van der Waals surface area contributed by atoms with E-state index in [1.54, 1.807) is 6.07 Å². The fourth-order valence-electron chi connectivity index (χ4n) is 2.58. The number of hydrogen-bond donors (Lipinski definition) is 2. The van der Waals surface area contributed by atoms with Gasteiger partial charge in [-0.25, -0.2) is 9.67 Å². The number of fused-ring (bicyclic) bond motifs is 1. The number of aromatic nitrogens is 4. The van der Waals surface area contributed by atoms with Crippen LogP contribution in [0.15, 0.2) is 58.7 Å². The quantitative estimate of drug-likeness (QED) is 0.567. The number of carbonyl (C=O) groups is 1. The lowest BCUT2D eigenvalue weighted by Crippen LogP contribution is -2.33. The van der Waals surface area contributed by atoms with E-state index < -0.39 is 0 Å². The Bertz CT molecular complexity index is 1080. The van der Waals surface area contributed by atoms with Gasteiger partial charge in [0.1, 0.15) is 18.1 Å². The second-order valence-electron chi connectivity index (χ2n) is 5.67. The number of H-pyrrole nitrogens is 1. The second-order valence-corrected chi connectivity index (χ2v) is 6.62. The van der Waals surface area contributed by atoms with E-state index in [-0.39, 0.29) is 24.6 Å². The van der Waals surface area contributed by atoms with E-state index in [0.29, 0.717) is 11.5 Å². The molecule has 1 amide bonds. The number of thiophene rings is 1. The van der Waals surface area contributed by atoms with Crippen molar-refractivity contribution < 1.29 is 4.79 Å². The van der Waals surface area contributed by atoms with E-state index in [0.717, 1.165) is 15.9 Å². The van der Waals surface area contributed by atoms with Crippen LogP contribution in [-0.4, -0.2) is 25.7 Å². The van der Waals surface area contributed by atoms with Crippen molar-refractivity contribution in [3.8, 4) is 10.6 Å². The highest BCUT2D eigenvalue weighted by Crippen LogP contribution is 2.21. The largest absolute Gasteiger partial charge is 0.347 e. The summed E-state index contributed by atoms with van der Waals surface area (Å²) < 4.78 is 1.17. The van der Waals surface area contributed by atoms with Gasteiger partial charge in [0.2, 0.25) is 5.91 Å². The molecular formula is C18H15N5O2S. The highest BCUT2D eigenvalue weighted by Gasteiger charge is 2.09. The fraction of sp³-hybridized carbons (Fsp3) is 0.111. The van der Waals surface area contributed by atoms with Crippen LogP contribution in [-0.2, 0) is 17.9 Å². The number of nitrogens with zero attached hydrogens (tertiary/aromatic N) is 3. The average molecular weight is 365 g/mol. The second kappa shape index (κ2) is 6.93. The number of hydrogen-bond acceptors (Lipinski definition) is 5. The van der Waals surface area contributed by atoms with Crippen LogP contribution in [0, 0.1) is 0 Å². The Hall–Kier alpha value is -3.26. The Morgan fingerprint density at radius 2 is 2.04 bits per heavy atom. The zero-order valence-corrected chi connectivity index (χ0v) is 14.5. The zero-order valence-electron chi connectivity index (χ0n) is 13.7. The van der Waals surface area contributed by atoms with E-state index in [2.05, 4.69) is 20.4 Å². The molecule has 0 aliphatic rings. The Morgan fingerprint density at radius 3 is 2.85 bits per heavy atom. The minimum Gasteiger partial charge on any atom is -0.347 e. The maximum absolute atomic E-state index is 12.2. The predicted molar refractivity (Wildman–Crippen MR) is 99.8 cm³/mol. The van der Waals surface area contributed by atoms with Crippen molar-refractivity contribution in [2.45, 2.75) is 13.1 Å². The smallest absolute Gasteiger partial charge is 0.267 e. The minimum absolute atomic E-state index is 0.141. The standard InChI is InChI=1S/C18H15N5O2S/c24-17(19-10-16-20-12-4-1-2-5-13(12)21-16)11-23-18(25)8-7-14(22-23)15-6-3-9-26-15/h1-9H,10-11H2,(H,19,24)(H,20,21). The van der Waals surface area contributed by atoms with Gasteiger partial charge in [-0.3, -0.25) is 9.59 Å². The van der Waals surface area contributed by atoms with Crippen molar-refractivity contribution in [3.05, 3.63) is 70.1 Å². The molecule has 1 aromatic carbocycles. The summed E-state index contributed by atoms with van der Waals surface area (Å²) in [6.07, 6.45) is 0. The summed E-state index contributed by atoms with van der Waals surface area (Å²) in [5.41, 5.74) is 2.12. The Kier molecular flexibility index (Phi) is 4.32. The molecular weight excluding hydrogens is 350 g/mol. The molecule has 0 aliphatic heterocycles. The third-order valence-corrected chi connectivity index (χ3v) is 4.72. The van der Waals surface area contributed by atoms with Gasteiger partial charge in [0.15, 0.2) is 0 Å². The van der Waals surface area contributed by atoms with Gasteiger partial charge in [0.05, 0.1) is 22.5 Å². The molecule has 3 aromatic heterocycles. The first-order valence-corrected chi connectivity index (χ1v) is 8.89. The van der Waals surface area contributed by atoms with Crippen molar-refractivity contribution in [1.82, 2.24) is 25.1 Å². The molecule has 0 unspecified atom stereocenters. The van der Waals surface area contributed by atoms with E-state index in [4.69, 9.17) is 0 Å². The van der Waals surface area contributed by atoms with Gasteiger partial charge in [-0.05, 0) is 29.6 Å². The highest BCUT2D eigenvalue weighted by atomic mass is 32.1. The number of nitrogens with one attached hydrogen (secondary N) is 2. The number of aromatic amines is 1. The van der Waals surface area contributed by atoms with Gasteiger partial charge in [-0.15, -0.1) is 11.3 Å². The molecule has 130 valence electrons. The first-order valence-electron chi connectivity index (χ1n) is 8.01. The lowest BCUT2D eigenvalue weighted by Gasteiger charge is -2.06. The first-order chi connectivity index (χ1) is 12.7. The van der Waals surface area contributed by atoms with Crippen LogP contribution in [0.3, 0.4) is 0 Å². The van der Waals surface area contributed by atoms with Crippen molar-refractivity contribution in [2.24, 2.45) is 0 Å². The molecule has 0 saturated heterocycles. The molecule has 4 aromatic rings. The summed E-state index contributed by atoms with van der Waals surface area (Å²) in [5.74, 6) is 0.357. The molecule has 0 aliphatic carbocycles. The minimum atomic E-state index is -0.316. The van der Waals surface area contributed by atoms with Gasteiger partial charge < -0.3 is 10.3 Å². The molecule has 0 spiro atoms. The molecule has 0 saturated carbocycles. The number of para-hydroxylation sites is 2. The van der Waals surface area contributed by atoms with Crippen molar-refractivity contribution in [2.75, 3.05) is 0 Å². The molecule has 0 radical (unpaired) electrons. The summed E-state index contributed by atoms with van der Waals surface area (Å²) >= 11 is 1.53. The molecule has 7 nitrogen and oxygen atoms in total. The van der Waals surface area contributed by atoms with E-state index in [1.165, 1.54) is 22.1 Å². The number of amides is 1. The normalized spacial score (nSPS) is 10.9. The molecule has 0 atom stereocenters. The number of carbonyl (C=O) groups excluding carboxylic acids is 1. The van der Waals surface area contributed by atoms with Crippen molar-refractivity contribution in [3.63, 3.8) is 0 Å². The first kappa shape index (κ1) is 16.2. The molecule has 4 rings (SSSR count). The van der Waals surface area contributed by atoms with Crippen LogP contribution in [0.1, 0.15) is 5.82 Å². The van der Waals surface area contributed by atoms with Gasteiger partial charge in [-0.2, -0.15) is 5.10 Å². The van der Waals surface area contributed by atoms with Crippen LogP contribution in [0.4, 0.5) is 0 Å². The zero-order chi connectivity index (χ0) is 17.9. The number of imidazole rings is 1. The average Bonchev–Trinajstić information content (AvgIpc) is 3.31. The third-order valence-electron chi connectivity index (χ3n) is 3.83. The molecule has 26 heavy (non-hydrogen) atoms. The Balaban J connectivity index is 1.44. The highest BCUT2D eigenvalue weighted by molar-refractivity contribution is 7.13. The van der Waals surface area contributed by atoms with Crippen LogP contribution in [0.2, 0.25) is 0 Å². The Morgan fingerprint density at radius 1 is 1.15 bits per heavy atom. The van der Waals surface area contributed by atoms with Crippen molar-refractivity contribution >= 4 is 28.3 Å². The van der Waals surface area contributed by atoms with E-state index >= 15 is 0 Å². The van der Waals surface area contributed by atoms with Gasteiger partial charge >= 0.3 is 0 Å². The van der Waals surface area contributed by atoms with Gasteiger partial charge in [0, 0.05) is 6.07 Å². The van der Waals surface area contributed by atoms with Crippen LogP contribution in [0.25, 0.3) is 21.6 Å². The molecule has 0 bridgehead atoms. The van der Waals surface area contributed by atoms with Gasteiger partial charge in [0.25, 0.3) is 5.56 Å². The summed E-state index contributed by atoms with van der Waals surface area (Å²) in [6.45, 7) is 0.116. The monoisotopic (exact) mass is 365 g/mol. The molecule has 0 fully saturated rings. The van der Waals surface area contributed by atoms with Gasteiger partial charge in [-0.1, -0.05) is 18.2 Å². The summed E-state index contributed by atoms with van der Waals surface area (Å²) in [5, 5.41) is 8.97. The lowest BCUT2D eigenvalue weighted by molar-refractivity contribution is -0.122. The summed E-state index contributed by atoms with van der Waals surface area (Å²) in [7, 11) is 0. The summed E-state index contributed by atoms with van der Waals surface area (Å²) in [6, 6.07) is 14.6. The van der Waals surface area contributed by atoms with Crippen LogP contribution < -0.4 is 10.9 Å². The topological polar surface area (TPSA) is 92.7 Å². The van der Waals surface area contributed by atoms with Crippen molar-refractivity contribution in [1.29, 1.82) is 0 Å². The maximum Gasteiger partial charge on any atom is 0.267 e. The van der Waals surface area contributed by atoms with E-state index in [9.17, 15) is 9.59 Å². The summed E-state index contributed by atoms with van der Waals surface area (Å²) in [4.78, 5) is 32.7. The number of benzene rings is 1. The van der Waals surface area contributed by atoms with Crippen LogP contribution in [0.5, 0.6) is 0 Å². The molecule has 3 heterocycles.